The van der Waals surface area contributed by atoms with Gasteiger partial charge >= 0.3 is 0 Å². The van der Waals surface area contributed by atoms with Crippen LogP contribution >= 0.6 is 0 Å². The number of imidazole rings is 1. The van der Waals surface area contributed by atoms with Crippen molar-refractivity contribution in [3.63, 3.8) is 0 Å². The largest absolute Gasteiger partial charge is 0.457 e. The summed E-state index contributed by atoms with van der Waals surface area (Å²) in [5, 5.41) is 12.5. The summed E-state index contributed by atoms with van der Waals surface area (Å²) in [5.74, 6) is 0.572. The number of fused-ring (bicyclic) bond motifs is 3. The van der Waals surface area contributed by atoms with E-state index in [-0.39, 0.29) is 5.91 Å². The van der Waals surface area contributed by atoms with E-state index in [0.717, 1.165) is 22.3 Å². The molecule has 1 aliphatic heterocycles. The van der Waals surface area contributed by atoms with Crippen molar-refractivity contribution in [3.8, 4) is 17.6 Å². The minimum Gasteiger partial charge on any atom is -0.457 e. The Morgan fingerprint density at radius 2 is 1.72 bits per heavy atom. The predicted molar refractivity (Wildman–Crippen MR) is 109 cm³/mol. The maximum Gasteiger partial charge on any atom is 0.246 e. The number of nitriles is 1. The highest BCUT2D eigenvalue weighted by Crippen LogP contribution is 2.39. The second kappa shape index (κ2) is 6.80. The van der Waals surface area contributed by atoms with E-state index in [1.807, 2.05) is 83.4 Å². The van der Waals surface area contributed by atoms with E-state index in [2.05, 4.69) is 16.4 Å². The van der Waals surface area contributed by atoms with Gasteiger partial charge in [-0.1, -0.05) is 42.5 Å². The highest BCUT2D eigenvalue weighted by atomic mass is 16.5. The Labute approximate surface area is 167 Å². The second-order valence-electron chi connectivity index (χ2n) is 6.82. The van der Waals surface area contributed by atoms with E-state index in [0.29, 0.717) is 11.7 Å². The zero-order valence-corrected chi connectivity index (χ0v) is 15.3. The molecule has 5 rings (SSSR count). The van der Waals surface area contributed by atoms with Crippen molar-refractivity contribution < 1.29 is 9.53 Å². The first-order chi connectivity index (χ1) is 14.2. The lowest BCUT2D eigenvalue weighted by Crippen LogP contribution is -2.37. The van der Waals surface area contributed by atoms with Crippen LogP contribution in [-0.2, 0) is 4.79 Å². The van der Waals surface area contributed by atoms with Crippen LogP contribution in [0.15, 0.2) is 78.9 Å². The van der Waals surface area contributed by atoms with Crippen LogP contribution in [0, 0.1) is 17.2 Å². The minimum absolute atomic E-state index is 0.352. The third kappa shape index (κ3) is 2.89. The molecular formula is C23H16N4O2. The van der Waals surface area contributed by atoms with Crippen LogP contribution in [0.5, 0.6) is 11.5 Å². The van der Waals surface area contributed by atoms with Crippen molar-refractivity contribution in [1.82, 2.24) is 9.55 Å². The van der Waals surface area contributed by atoms with E-state index in [9.17, 15) is 10.1 Å². The molecular weight excluding hydrogens is 364 g/mol. The predicted octanol–water partition coefficient (Wildman–Crippen LogP) is 4.51. The summed E-state index contributed by atoms with van der Waals surface area (Å²) < 4.78 is 7.88. The van der Waals surface area contributed by atoms with Crippen molar-refractivity contribution in [2.45, 2.75) is 6.04 Å². The molecule has 0 bridgehead atoms. The number of nitrogens with zero attached hydrogens (tertiary/aromatic N) is 3. The number of hydrogen-bond acceptors (Lipinski definition) is 4. The Morgan fingerprint density at radius 1 is 0.966 bits per heavy atom. The molecule has 2 heterocycles. The summed E-state index contributed by atoms with van der Waals surface area (Å²) in [6.07, 6.45) is 0. The van der Waals surface area contributed by atoms with Gasteiger partial charge < -0.3 is 9.30 Å². The van der Waals surface area contributed by atoms with Gasteiger partial charge in [0.15, 0.2) is 5.92 Å². The van der Waals surface area contributed by atoms with Crippen LogP contribution in [0.3, 0.4) is 0 Å². The number of carbonyl (C=O) groups is 1. The molecule has 0 fully saturated rings. The maximum absolute atomic E-state index is 12.6. The van der Waals surface area contributed by atoms with Crippen LogP contribution in [0.2, 0.25) is 0 Å². The summed E-state index contributed by atoms with van der Waals surface area (Å²) in [6.45, 7) is 0. The van der Waals surface area contributed by atoms with Gasteiger partial charge in [0.05, 0.1) is 23.1 Å². The Bertz CT molecular complexity index is 1260. The fraction of sp³-hybridized carbons (Fsp3) is 0.0870. The molecule has 0 saturated heterocycles. The van der Waals surface area contributed by atoms with Gasteiger partial charge in [-0.05, 0) is 42.0 Å². The highest BCUT2D eigenvalue weighted by Gasteiger charge is 2.38. The fourth-order valence-electron chi connectivity index (χ4n) is 3.75. The average molecular weight is 380 g/mol. The molecule has 1 aromatic heterocycles. The van der Waals surface area contributed by atoms with Gasteiger partial charge in [-0.3, -0.25) is 10.1 Å². The number of anilines is 1. The van der Waals surface area contributed by atoms with Gasteiger partial charge in [-0.2, -0.15) is 5.26 Å². The molecule has 29 heavy (non-hydrogen) atoms. The van der Waals surface area contributed by atoms with Crippen LogP contribution in [-0.4, -0.2) is 15.5 Å². The summed E-state index contributed by atoms with van der Waals surface area (Å²) in [4.78, 5) is 17.1. The summed E-state index contributed by atoms with van der Waals surface area (Å²) in [6, 6.07) is 26.3. The number of carbonyl (C=O) groups excluding carboxylic acids is 1. The number of aromatic nitrogens is 2. The number of ether oxygens (including phenoxy) is 1. The summed E-state index contributed by atoms with van der Waals surface area (Å²) in [7, 11) is 0. The number of amides is 1. The lowest BCUT2D eigenvalue weighted by Gasteiger charge is -2.30. The fourth-order valence-corrected chi connectivity index (χ4v) is 3.75. The van der Waals surface area contributed by atoms with Crippen molar-refractivity contribution >= 4 is 22.9 Å². The lowest BCUT2D eigenvalue weighted by molar-refractivity contribution is -0.119. The van der Waals surface area contributed by atoms with Crippen LogP contribution in [0.25, 0.3) is 11.0 Å². The number of hydrogen-bond donors (Lipinski definition) is 1. The van der Waals surface area contributed by atoms with Crippen LogP contribution in [0.1, 0.15) is 11.6 Å². The first-order valence-electron chi connectivity index (χ1n) is 9.25. The monoisotopic (exact) mass is 380 g/mol. The SMILES string of the molecule is N#C[C@@H]1C(=O)Nc2nc3ccccc3n2[C@@H]1c1cccc(Oc2ccccc2)c1. The Hall–Kier alpha value is -4.11. The number of rotatable bonds is 3. The average Bonchev–Trinajstić information content (AvgIpc) is 3.11. The second-order valence-corrected chi connectivity index (χ2v) is 6.82. The van der Waals surface area contributed by atoms with E-state index in [4.69, 9.17) is 4.74 Å². The Kier molecular flexibility index (Phi) is 3.99. The normalized spacial score (nSPS) is 18.0. The molecule has 0 saturated carbocycles. The molecule has 1 aliphatic rings. The van der Waals surface area contributed by atoms with Crippen molar-refractivity contribution in [1.29, 1.82) is 5.26 Å². The topological polar surface area (TPSA) is 79.9 Å². The first-order valence-corrected chi connectivity index (χ1v) is 9.25. The van der Waals surface area contributed by atoms with Gasteiger partial charge in [-0.25, -0.2) is 4.98 Å². The van der Waals surface area contributed by atoms with Crippen molar-refractivity contribution in [2.24, 2.45) is 5.92 Å². The summed E-state index contributed by atoms with van der Waals surface area (Å²) in [5.41, 5.74) is 2.44. The summed E-state index contributed by atoms with van der Waals surface area (Å²) >= 11 is 0. The Balaban J connectivity index is 1.64. The molecule has 1 amide bonds. The molecule has 4 aromatic rings. The molecule has 140 valence electrons. The number of nitrogens with one attached hydrogen (secondary N) is 1. The molecule has 1 N–H and O–H groups in total. The van der Waals surface area contributed by atoms with E-state index in [1.54, 1.807) is 0 Å². The van der Waals surface area contributed by atoms with E-state index < -0.39 is 12.0 Å². The van der Waals surface area contributed by atoms with Crippen LogP contribution < -0.4 is 10.1 Å². The van der Waals surface area contributed by atoms with E-state index >= 15 is 0 Å². The third-order valence-corrected chi connectivity index (χ3v) is 5.02. The smallest absolute Gasteiger partial charge is 0.246 e. The quantitative estimate of drug-likeness (QED) is 0.567. The standard InChI is InChI=1S/C23H16N4O2/c24-14-18-21(15-7-6-10-17(13-15)29-16-8-2-1-3-9-16)27-20-12-5-4-11-19(20)25-23(27)26-22(18)28/h1-13,18,21H,(H,25,26,28)/t18-,21+/m0/s1. The zero-order valence-electron chi connectivity index (χ0n) is 15.3. The zero-order chi connectivity index (χ0) is 19.8. The van der Waals surface area contributed by atoms with Crippen molar-refractivity contribution in [2.75, 3.05) is 5.32 Å². The highest BCUT2D eigenvalue weighted by molar-refractivity contribution is 5.97. The molecule has 0 spiro atoms. The number of para-hydroxylation sites is 3. The molecule has 6 heteroatoms. The van der Waals surface area contributed by atoms with Crippen molar-refractivity contribution in [3.05, 3.63) is 84.4 Å². The van der Waals surface area contributed by atoms with Gasteiger partial charge in [-0.15, -0.1) is 0 Å². The van der Waals surface area contributed by atoms with Crippen LogP contribution in [0.4, 0.5) is 5.95 Å². The number of benzene rings is 3. The van der Waals surface area contributed by atoms with Gasteiger partial charge in [0.2, 0.25) is 11.9 Å². The molecule has 0 unspecified atom stereocenters. The molecule has 0 aliphatic carbocycles. The molecule has 6 nitrogen and oxygen atoms in total. The molecule has 3 aromatic carbocycles. The maximum atomic E-state index is 12.6. The third-order valence-electron chi connectivity index (χ3n) is 5.02. The molecule has 0 radical (unpaired) electrons. The van der Waals surface area contributed by atoms with Gasteiger partial charge in [0.25, 0.3) is 0 Å². The Morgan fingerprint density at radius 3 is 2.55 bits per heavy atom. The first kappa shape index (κ1) is 17.0. The van der Waals surface area contributed by atoms with Gasteiger partial charge in [0.1, 0.15) is 11.5 Å². The van der Waals surface area contributed by atoms with E-state index in [1.165, 1.54) is 0 Å². The van der Waals surface area contributed by atoms with Gasteiger partial charge in [0, 0.05) is 0 Å². The molecule has 2 atom stereocenters. The minimum atomic E-state index is -0.882. The lowest BCUT2D eigenvalue weighted by atomic mass is 9.91.